The van der Waals surface area contributed by atoms with Crippen molar-refractivity contribution in [3.8, 4) is 0 Å². The summed E-state index contributed by atoms with van der Waals surface area (Å²) in [6.45, 7) is 9.71. The Bertz CT molecular complexity index is 1240. The van der Waals surface area contributed by atoms with Crippen LogP contribution in [0.3, 0.4) is 0 Å². The van der Waals surface area contributed by atoms with E-state index in [4.69, 9.17) is 4.74 Å². The number of piperazine rings is 1. The summed E-state index contributed by atoms with van der Waals surface area (Å²) in [6, 6.07) is 0.381. The maximum Gasteiger partial charge on any atom is 0.259 e. The molecule has 6 rings (SSSR count). The van der Waals surface area contributed by atoms with Crippen molar-refractivity contribution in [3.05, 3.63) is 33.4 Å². The van der Waals surface area contributed by atoms with Crippen LogP contribution < -0.4 is 5.56 Å². The van der Waals surface area contributed by atoms with Gasteiger partial charge in [-0.15, -0.1) is 0 Å². The number of unbranched alkanes of at least 4 members (excludes halogenated alkanes) is 1. The number of nitrogens with zero attached hydrogens (tertiary/aromatic N) is 4. The molecule has 1 amide bonds. The number of nitrogens with one attached hydrogen (secondary N) is 1. The number of amides is 1. The average molecular weight is 494 g/mol. The molecule has 1 saturated heterocycles. The molecule has 0 spiro atoms. The Morgan fingerprint density at radius 1 is 1.25 bits per heavy atom. The molecular formula is C28H39N5O3. The normalized spacial score (nSPS) is 28.0. The minimum atomic E-state index is -0.0608. The summed E-state index contributed by atoms with van der Waals surface area (Å²) in [4.78, 5) is 34.3. The highest BCUT2D eigenvalue weighted by Gasteiger charge is 2.51. The van der Waals surface area contributed by atoms with E-state index in [1.807, 2.05) is 0 Å². The number of carbonyl (C=O) groups is 1. The lowest BCUT2D eigenvalue weighted by atomic mass is 9.56. The van der Waals surface area contributed by atoms with Crippen LogP contribution in [-0.2, 0) is 16.1 Å². The molecule has 2 saturated carbocycles. The lowest BCUT2D eigenvalue weighted by Gasteiger charge is -2.50. The van der Waals surface area contributed by atoms with E-state index in [0.717, 1.165) is 69.8 Å². The molecule has 194 valence electrons. The molecule has 0 bridgehead atoms. The smallest absolute Gasteiger partial charge is 0.259 e. The van der Waals surface area contributed by atoms with Gasteiger partial charge in [0.2, 0.25) is 5.91 Å². The fourth-order valence-electron chi connectivity index (χ4n) is 6.88. The molecular weight excluding hydrogens is 454 g/mol. The van der Waals surface area contributed by atoms with Crippen molar-refractivity contribution in [1.29, 1.82) is 0 Å². The summed E-state index contributed by atoms with van der Waals surface area (Å²) in [6.07, 6.45) is 9.40. The van der Waals surface area contributed by atoms with Gasteiger partial charge in [0.05, 0.1) is 17.1 Å². The number of fused-ring (bicyclic) bond motifs is 5. The van der Waals surface area contributed by atoms with Gasteiger partial charge < -0.3 is 14.6 Å². The first-order valence-electron chi connectivity index (χ1n) is 13.8. The second-order valence-corrected chi connectivity index (χ2v) is 11.5. The molecule has 4 unspecified atom stereocenters. The fourth-order valence-corrected chi connectivity index (χ4v) is 6.88. The van der Waals surface area contributed by atoms with Crippen LogP contribution in [0, 0.1) is 17.8 Å². The van der Waals surface area contributed by atoms with Crippen molar-refractivity contribution in [2.75, 3.05) is 39.9 Å². The van der Waals surface area contributed by atoms with Crippen LogP contribution >= 0.6 is 0 Å². The van der Waals surface area contributed by atoms with Crippen molar-refractivity contribution in [1.82, 2.24) is 24.6 Å². The predicted octanol–water partition coefficient (Wildman–Crippen LogP) is 3.23. The Kier molecular flexibility index (Phi) is 6.28. The number of hydrogen-bond acceptors (Lipinski definition) is 5. The van der Waals surface area contributed by atoms with Crippen molar-refractivity contribution >= 4 is 22.9 Å². The quantitative estimate of drug-likeness (QED) is 0.571. The maximum atomic E-state index is 13.7. The number of aromatic nitrogens is 3. The van der Waals surface area contributed by atoms with Crippen LogP contribution in [0.25, 0.3) is 17.0 Å². The zero-order chi connectivity index (χ0) is 25.0. The van der Waals surface area contributed by atoms with Crippen molar-refractivity contribution in [3.63, 3.8) is 0 Å². The summed E-state index contributed by atoms with van der Waals surface area (Å²) in [7, 11) is 1.75. The minimum Gasteiger partial charge on any atom is -0.385 e. The predicted molar refractivity (Wildman–Crippen MR) is 140 cm³/mol. The first-order valence-corrected chi connectivity index (χ1v) is 13.8. The Labute approximate surface area is 212 Å². The Balaban J connectivity index is 1.19. The third-order valence-corrected chi connectivity index (χ3v) is 9.09. The Hall–Kier alpha value is -2.45. The lowest BCUT2D eigenvalue weighted by Crippen LogP contribution is -2.57. The zero-order valence-corrected chi connectivity index (χ0v) is 21.8. The van der Waals surface area contributed by atoms with E-state index in [1.54, 1.807) is 13.3 Å². The summed E-state index contributed by atoms with van der Waals surface area (Å²) in [5.74, 6) is 1.50. The third-order valence-electron chi connectivity index (χ3n) is 9.09. The van der Waals surface area contributed by atoms with Gasteiger partial charge in [0, 0.05) is 63.1 Å². The first-order chi connectivity index (χ1) is 17.5. The minimum absolute atomic E-state index is 0.0293. The SMILES string of the molecule is COCCCCN1CCN(C(=O)C2CC3c4c([nH]c(=O)c5cnn(CC6CC6)c45)C=C(C)C23)CC1C. The second-order valence-electron chi connectivity index (χ2n) is 11.5. The Morgan fingerprint density at radius 2 is 2.08 bits per heavy atom. The number of methoxy groups -OCH3 is 1. The lowest BCUT2D eigenvalue weighted by molar-refractivity contribution is -0.144. The first kappa shape index (κ1) is 23.9. The van der Waals surface area contributed by atoms with Gasteiger partial charge in [0.15, 0.2) is 0 Å². The standard InChI is InChI=1S/C28H39N5O3/c1-17-12-23-25(26-22(27(34)30-23)14-29-33(26)16-19-6-7-19)20-13-21(24(17)20)28(35)32-10-9-31(18(2)15-32)8-4-5-11-36-3/h12,14,18-21,24H,4-11,13,15-16H2,1-3H3,(H,30,34). The van der Waals surface area contributed by atoms with Gasteiger partial charge in [-0.1, -0.05) is 5.57 Å². The molecule has 2 aromatic heterocycles. The van der Waals surface area contributed by atoms with E-state index in [1.165, 1.54) is 24.0 Å². The van der Waals surface area contributed by atoms with Crippen molar-refractivity contribution in [2.24, 2.45) is 17.8 Å². The van der Waals surface area contributed by atoms with E-state index in [0.29, 0.717) is 23.3 Å². The van der Waals surface area contributed by atoms with Crippen LogP contribution in [0.15, 0.2) is 16.6 Å². The van der Waals surface area contributed by atoms with Gasteiger partial charge in [-0.25, -0.2) is 0 Å². The molecule has 3 fully saturated rings. The maximum absolute atomic E-state index is 13.7. The third kappa shape index (κ3) is 4.12. The van der Waals surface area contributed by atoms with E-state index >= 15 is 0 Å². The van der Waals surface area contributed by atoms with E-state index in [-0.39, 0.29) is 23.3 Å². The second kappa shape index (κ2) is 9.45. The topological polar surface area (TPSA) is 83.5 Å². The highest BCUT2D eigenvalue weighted by molar-refractivity contribution is 5.88. The van der Waals surface area contributed by atoms with Crippen LogP contribution in [-0.4, -0.2) is 76.4 Å². The summed E-state index contributed by atoms with van der Waals surface area (Å²) >= 11 is 0. The summed E-state index contributed by atoms with van der Waals surface area (Å²) in [5, 5.41) is 5.30. The van der Waals surface area contributed by atoms with Gasteiger partial charge in [-0.05, 0) is 76.3 Å². The average Bonchev–Trinajstić information content (AvgIpc) is 3.55. The highest BCUT2D eigenvalue weighted by Crippen LogP contribution is 2.56. The summed E-state index contributed by atoms with van der Waals surface area (Å²) in [5.41, 5.74) is 4.28. The van der Waals surface area contributed by atoms with Gasteiger partial charge in [0.1, 0.15) is 0 Å². The van der Waals surface area contributed by atoms with Crippen LogP contribution in [0.2, 0.25) is 0 Å². The monoisotopic (exact) mass is 493 g/mol. The van der Waals surface area contributed by atoms with E-state index in [9.17, 15) is 9.59 Å². The zero-order valence-electron chi connectivity index (χ0n) is 21.8. The molecule has 36 heavy (non-hydrogen) atoms. The van der Waals surface area contributed by atoms with E-state index in [2.05, 4.69) is 44.5 Å². The number of carbonyl (C=O) groups excluding carboxylic acids is 1. The highest BCUT2D eigenvalue weighted by atomic mass is 16.5. The van der Waals surface area contributed by atoms with Gasteiger partial charge in [0.25, 0.3) is 5.56 Å². The molecule has 3 heterocycles. The molecule has 0 aromatic carbocycles. The fraction of sp³-hybridized carbons (Fsp3) is 0.679. The Morgan fingerprint density at radius 3 is 2.83 bits per heavy atom. The molecule has 4 atom stereocenters. The molecule has 1 aliphatic heterocycles. The van der Waals surface area contributed by atoms with Gasteiger partial charge >= 0.3 is 0 Å². The van der Waals surface area contributed by atoms with Crippen LogP contribution in [0.4, 0.5) is 0 Å². The molecule has 4 aliphatic rings. The number of H-pyrrole nitrogens is 1. The molecule has 8 heteroatoms. The number of pyridine rings is 1. The van der Waals surface area contributed by atoms with Gasteiger partial charge in [-0.3, -0.25) is 19.2 Å². The van der Waals surface area contributed by atoms with Crippen LogP contribution in [0.1, 0.15) is 63.1 Å². The van der Waals surface area contributed by atoms with Crippen molar-refractivity contribution < 1.29 is 9.53 Å². The molecule has 0 radical (unpaired) electrons. The van der Waals surface area contributed by atoms with Crippen molar-refractivity contribution in [2.45, 2.75) is 64.5 Å². The molecule has 1 N–H and O–H groups in total. The number of ether oxygens (including phenoxy) is 1. The summed E-state index contributed by atoms with van der Waals surface area (Å²) < 4.78 is 7.24. The van der Waals surface area contributed by atoms with Crippen LogP contribution in [0.5, 0.6) is 0 Å². The number of hydrogen-bond donors (Lipinski definition) is 1. The number of aromatic amines is 1. The number of rotatable bonds is 8. The molecule has 8 nitrogen and oxygen atoms in total. The molecule has 3 aliphatic carbocycles. The molecule has 2 aromatic rings. The number of allylic oxidation sites excluding steroid dienone is 1. The largest absolute Gasteiger partial charge is 0.385 e. The van der Waals surface area contributed by atoms with E-state index < -0.39 is 0 Å². The van der Waals surface area contributed by atoms with Gasteiger partial charge in [-0.2, -0.15) is 5.10 Å².